The monoisotopic (exact) mass is 293 g/mol. The molecule has 0 saturated carbocycles. The number of nitrogens with zero attached hydrogens (tertiary/aromatic N) is 1. The molecule has 0 N–H and O–H groups in total. The Morgan fingerprint density at radius 2 is 1.91 bits per heavy atom. The van der Waals surface area contributed by atoms with Gasteiger partial charge >= 0.3 is 0 Å². The number of rotatable bonds is 1. The van der Waals surface area contributed by atoms with Crippen LogP contribution in [0.15, 0.2) is 41.1 Å². The molecule has 0 radical (unpaired) electrons. The SMILES string of the molecule is COc1ccc2c(c1)C(C)(C)c1cc3onccc-3c1C2=O. The number of aromatic nitrogens is 1. The average Bonchev–Trinajstić information content (AvgIpc) is 2.93. The first-order chi connectivity index (χ1) is 10.5. The fourth-order valence-electron chi connectivity index (χ4n) is 3.37. The van der Waals surface area contributed by atoms with Crippen LogP contribution in [-0.4, -0.2) is 18.0 Å². The lowest BCUT2D eigenvalue weighted by Gasteiger charge is -2.32. The number of carbonyl (C=O) groups excluding carboxylic acids is 1. The van der Waals surface area contributed by atoms with Crippen LogP contribution < -0.4 is 4.74 Å². The van der Waals surface area contributed by atoms with E-state index in [1.165, 1.54) is 0 Å². The van der Waals surface area contributed by atoms with Crippen LogP contribution in [0.4, 0.5) is 0 Å². The number of benzene rings is 1. The van der Waals surface area contributed by atoms with E-state index in [1.54, 1.807) is 13.3 Å². The maximum Gasteiger partial charge on any atom is 0.194 e. The van der Waals surface area contributed by atoms with Gasteiger partial charge in [-0.25, -0.2) is 0 Å². The van der Waals surface area contributed by atoms with Gasteiger partial charge in [0.2, 0.25) is 0 Å². The number of methoxy groups -OCH3 is 1. The highest BCUT2D eigenvalue weighted by molar-refractivity contribution is 6.17. The summed E-state index contributed by atoms with van der Waals surface area (Å²) in [4.78, 5) is 13.0. The van der Waals surface area contributed by atoms with Crippen molar-refractivity contribution in [2.45, 2.75) is 19.3 Å². The minimum atomic E-state index is -0.304. The van der Waals surface area contributed by atoms with E-state index < -0.39 is 0 Å². The molecule has 4 heteroatoms. The predicted octanol–water partition coefficient (Wildman–Crippen LogP) is 3.66. The van der Waals surface area contributed by atoms with Crippen LogP contribution in [-0.2, 0) is 5.41 Å². The van der Waals surface area contributed by atoms with Crippen LogP contribution in [0.1, 0.15) is 40.9 Å². The van der Waals surface area contributed by atoms with Crippen molar-refractivity contribution in [3.8, 4) is 17.1 Å². The van der Waals surface area contributed by atoms with Crippen LogP contribution in [0.5, 0.6) is 5.75 Å². The second-order valence-electron chi connectivity index (χ2n) is 6.09. The van der Waals surface area contributed by atoms with Gasteiger partial charge in [0.15, 0.2) is 11.5 Å². The molecule has 4 nitrogen and oxygen atoms in total. The summed E-state index contributed by atoms with van der Waals surface area (Å²) in [5.74, 6) is 1.43. The van der Waals surface area contributed by atoms with Gasteiger partial charge in [0.1, 0.15) is 5.75 Å². The molecule has 1 aliphatic heterocycles. The molecule has 0 saturated heterocycles. The van der Waals surface area contributed by atoms with Crippen molar-refractivity contribution in [1.82, 2.24) is 5.16 Å². The Balaban J connectivity index is 2.07. The van der Waals surface area contributed by atoms with E-state index in [0.29, 0.717) is 5.76 Å². The van der Waals surface area contributed by atoms with E-state index in [2.05, 4.69) is 19.0 Å². The number of ketones is 1. The number of ether oxygens (including phenoxy) is 1. The highest BCUT2D eigenvalue weighted by Crippen LogP contribution is 2.47. The normalized spacial score (nSPS) is 15.5. The second-order valence-corrected chi connectivity index (χ2v) is 6.09. The maximum absolute atomic E-state index is 13.0. The highest BCUT2D eigenvalue weighted by atomic mass is 16.5. The van der Waals surface area contributed by atoms with Crippen LogP contribution in [0.3, 0.4) is 0 Å². The molecule has 3 aliphatic rings. The summed E-state index contributed by atoms with van der Waals surface area (Å²) in [5.41, 5.74) is 3.93. The quantitative estimate of drug-likeness (QED) is 0.687. The number of hydrogen-bond donors (Lipinski definition) is 0. The van der Waals surface area contributed by atoms with Gasteiger partial charge in [-0.1, -0.05) is 19.0 Å². The van der Waals surface area contributed by atoms with Crippen molar-refractivity contribution in [2.75, 3.05) is 7.11 Å². The Labute approximate surface area is 128 Å². The van der Waals surface area contributed by atoms with Gasteiger partial charge in [0.25, 0.3) is 0 Å². The van der Waals surface area contributed by atoms with E-state index >= 15 is 0 Å². The molecule has 0 unspecified atom stereocenters. The van der Waals surface area contributed by atoms with Crippen LogP contribution >= 0.6 is 0 Å². The molecule has 1 heterocycles. The van der Waals surface area contributed by atoms with Crippen molar-refractivity contribution in [2.24, 2.45) is 0 Å². The molecule has 0 atom stereocenters. The standard InChI is InChI=1S/C18H15NO3/c1-18(2)13-8-10(21-3)4-5-11(13)17(20)16-12-6-7-19-22-15(12)9-14(16)18/h4-9H,1-3H3. The minimum Gasteiger partial charge on any atom is -0.497 e. The minimum absolute atomic E-state index is 0.0309. The molecule has 0 aromatic heterocycles. The Morgan fingerprint density at radius 1 is 1.09 bits per heavy atom. The molecule has 4 rings (SSSR count). The third-order valence-electron chi connectivity index (χ3n) is 4.58. The van der Waals surface area contributed by atoms with Crippen molar-refractivity contribution in [3.05, 3.63) is 58.8 Å². The second kappa shape index (κ2) is 4.19. The average molecular weight is 293 g/mol. The van der Waals surface area contributed by atoms with Crippen molar-refractivity contribution in [3.63, 3.8) is 0 Å². The first-order valence-corrected chi connectivity index (χ1v) is 7.15. The Kier molecular flexibility index (Phi) is 2.49. The zero-order valence-electron chi connectivity index (χ0n) is 12.6. The largest absolute Gasteiger partial charge is 0.497 e. The van der Waals surface area contributed by atoms with Crippen LogP contribution in [0, 0.1) is 0 Å². The van der Waals surface area contributed by atoms with Crippen LogP contribution in [0.25, 0.3) is 11.3 Å². The fourth-order valence-corrected chi connectivity index (χ4v) is 3.37. The molecule has 1 aromatic carbocycles. The van der Waals surface area contributed by atoms with Gasteiger partial charge in [0.05, 0.1) is 13.3 Å². The Bertz CT molecular complexity index is 876. The molecular formula is C18H15NO3. The molecule has 0 fully saturated rings. The summed E-state index contributed by atoms with van der Waals surface area (Å²) in [6.45, 7) is 4.23. The Hall–Kier alpha value is -2.62. The van der Waals surface area contributed by atoms with Crippen molar-refractivity contribution < 1.29 is 14.1 Å². The zero-order valence-corrected chi connectivity index (χ0v) is 12.6. The molecule has 0 spiro atoms. The van der Waals surface area contributed by atoms with Gasteiger partial charge in [-0.2, -0.15) is 0 Å². The zero-order chi connectivity index (χ0) is 15.5. The molecule has 0 amide bonds. The number of hydrogen-bond acceptors (Lipinski definition) is 4. The lowest BCUT2D eigenvalue weighted by atomic mass is 9.69. The van der Waals surface area contributed by atoms with E-state index in [0.717, 1.165) is 33.6 Å². The van der Waals surface area contributed by atoms with Gasteiger partial charge in [-0.15, -0.1) is 0 Å². The van der Waals surface area contributed by atoms with Crippen molar-refractivity contribution in [1.29, 1.82) is 0 Å². The summed E-state index contributed by atoms with van der Waals surface area (Å²) >= 11 is 0. The van der Waals surface area contributed by atoms with Gasteiger partial charge < -0.3 is 9.26 Å². The third kappa shape index (κ3) is 1.52. The van der Waals surface area contributed by atoms with E-state index in [1.807, 2.05) is 30.3 Å². The van der Waals surface area contributed by atoms with Crippen LogP contribution in [0.2, 0.25) is 0 Å². The first kappa shape index (κ1) is 13.1. The van der Waals surface area contributed by atoms with Gasteiger partial charge in [-0.05, 0) is 41.5 Å². The third-order valence-corrected chi connectivity index (χ3v) is 4.58. The van der Waals surface area contributed by atoms with E-state index in [4.69, 9.17) is 9.26 Å². The fraction of sp³-hybridized carbons (Fsp3) is 0.222. The molecule has 22 heavy (non-hydrogen) atoms. The summed E-state index contributed by atoms with van der Waals surface area (Å²) < 4.78 is 10.6. The van der Waals surface area contributed by atoms with Gasteiger partial charge in [0, 0.05) is 22.1 Å². The number of carbonyl (C=O) groups is 1. The number of fused-ring (bicyclic) bond motifs is 4. The topological polar surface area (TPSA) is 52.3 Å². The van der Waals surface area contributed by atoms with Crippen molar-refractivity contribution >= 4 is 5.78 Å². The predicted molar refractivity (Wildman–Crippen MR) is 81.7 cm³/mol. The van der Waals surface area contributed by atoms with E-state index in [-0.39, 0.29) is 11.2 Å². The molecular weight excluding hydrogens is 278 g/mol. The molecule has 1 aromatic rings. The lowest BCUT2D eigenvalue weighted by Crippen LogP contribution is -2.29. The maximum atomic E-state index is 13.0. The summed E-state index contributed by atoms with van der Waals surface area (Å²) in [6, 6.07) is 9.38. The smallest absolute Gasteiger partial charge is 0.194 e. The molecule has 110 valence electrons. The Morgan fingerprint density at radius 3 is 2.68 bits per heavy atom. The molecule has 0 bridgehead atoms. The molecule has 2 aliphatic carbocycles. The first-order valence-electron chi connectivity index (χ1n) is 7.15. The summed E-state index contributed by atoms with van der Waals surface area (Å²) in [6.07, 6.45) is 1.58. The highest BCUT2D eigenvalue weighted by Gasteiger charge is 2.41. The van der Waals surface area contributed by atoms with E-state index in [9.17, 15) is 4.79 Å². The lowest BCUT2D eigenvalue weighted by molar-refractivity contribution is 0.103. The summed E-state index contributed by atoms with van der Waals surface area (Å²) in [7, 11) is 1.63. The van der Waals surface area contributed by atoms with Gasteiger partial charge in [-0.3, -0.25) is 4.79 Å². The summed E-state index contributed by atoms with van der Waals surface area (Å²) in [5, 5.41) is 3.80.